The van der Waals surface area contributed by atoms with Crippen LogP contribution in [0.2, 0.25) is 0 Å². The molecule has 5 nitrogen and oxygen atoms in total. The molecule has 0 saturated heterocycles. The highest BCUT2D eigenvalue weighted by Gasteiger charge is 2.12. The number of nitro benzene ring substituents is 1. The second-order valence-corrected chi connectivity index (χ2v) is 3.99. The SMILES string of the molecule is CCCN(CCO)c1cc(C)cc([N+](=O)[O-])c1. The largest absolute Gasteiger partial charge is 0.395 e. The lowest BCUT2D eigenvalue weighted by molar-refractivity contribution is -0.384. The van der Waals surface area contributed by atoms with Gasteiger partial charge >= 0.3 is 0 Å². The summed E-state index contributed by atoms with van der Waals surface area (Å²) in [6.45, 7) is 5.19. The minimum absolute atomic E-state index is 0.0434. The first-order valence-electron chi connectivity index (χ1n) is 5.70. The van der Waals surface area contributed by atoms with Crippen LogP contribution < -0.4 is 4.90 Å². The van der Waals surface area contributed by atoms with Gasteiger partial charge in [0, 0.05) is 30.9 Å². The lowest BCUT2D eigenvalue weighted by Gasteiger charge is -2.23. The molecule has 0 aliphatic rings. The number of aliphatic hydroxyl groups is 1. The van der Waals surface area contributed by atoms with E-state index in [1.165, 1.54) is 0 Å². The third-order valence-electron chi connectivity index (χ3n) is 2.49. The molecular weight excluding hydrogens is 220 g/mol. The highest BCUT2D eigenvalue weighted by Crippen LogP contribution is 2.23. The lowest BCUT2D eigenvalue weighted by Crippen LogP contribution is -2.27. The summed E-state index contributed by atoms with van der Waals surface area (Å²) in [7, 11) is 0. The molecule has 94 valence electrons. The van der Waals surface area contributed by atoms with Crippen molar-refractivity contribution in [2.24, 2.45) is 0 Å². The number of nitrogens with zero attached hydrogens (tertiary/aromatic N) is 2. The summed E-state index contributed by atoms with van der Waals surface area (Å²) in [5, 5.41) is 19.8. The fourth-order valence-corrected chi connectivity index (χ4v) is 1.79. The first-order chi connectivity index (χ1) is 8.08. The molecule has 0 saturated carbocycles. The van der Waals surface area contributed by atoms with Crippen LogP contribution in [-0.4, -0.2) is 29.7 Å². The van der Waals surface area contributed by atoms with Crippen molar-refractivity contribution in [1.82, 2.24) is 0 Å². The zero-order chi connectivity index (χ0) is 12.8. The Morgan fingerprint density at radius 1 is 1.35 bits per heavy atom. The van der Waals surface area contributed by atoms with E-state index in [-0.39, 0.29) is 17.2 Å². The number of nitro groups is 1. The Balaban J connectivity index is 3.04. The summed E-state index contributed by atoms with van der Waals surface area (Å²) < 4.78 is 0. The van der Waals surface area contributed by atoms with Crippen LogP contribution in [0.1, 0.15) is 18.9 Å². The van der Waals surface area contributed by atoms with Crippen molar-refractivity contribution in [2.45, 2.75) is 20.3 Å². The van der Waals surface area contributed by atoms with Crippen molar-refractivity contribution in [2.75, 3.05) is 24.6 Å². The average Bonchev–Trinajstić information content (AvgIpc) is 2.28. The van der Waals surface area contributed by atoms with Crippen LogP contribution in [0.3, 0.4) is 0 Å². The molecule has 0 unspecified atom stereocenters. The van der Waals surface area contributed by atoms with Gasteiger partial charge in [-0.3, -0.25) is 10.1 Å². The van der Waals surface area contributed by atoms with Crippen molar-refractivity contribution in [3.63, 3.8) is 0 Å². The Labute approximate surface area is 101 Å². The summed E-state index contributed by atoms with van der Waals surface area (Å²) in [5.74, 6) is 0. The molecule has 17 heavy (non-hydrogen) atoms. The molecule has 0 amide bonds. The molecule has 0 aliphatic heterocycles. The van der Waals surface area contributed by atoms with E-state index in [1.807, 2.05) is 24.8 Å². The van der Waals surface area contributed by atoms with E-state index >= 15 is 0 Å². The van der Waals surface area contributed by atoms with Crippen LogP contribution in [0.25, 0.3) is 0 Å². The summed E-state index contributed by atoms with van der Waals surface area (Å²) >= 11 is 0. The third-order valence-corrected chi connectivity index (χ3v) is 2.49. The van der Waals surface area contributed by atoms with Crippen LogP contribution in [0, 0.1) is 17.0 Å². The molecule has 0 aromatic heterocycles. The smallest absolute Gasteiger partial charge is 0.271 e. The normalized spacial score (nSPS) is 10.3. The fraction of sp³-hybridized carbons (Fsp3) is 0.500. The second kappa shape index (κ2) is 6.20. The lowest BCUT2D eigenvalue weighted by atomic mass is 10.1. The number of rotatable bonds is 6. The summed E-state index contributed by atoms with van der Waals surface area (Å²) in [6.07, 6.45) is 0.932. The van der Waals surface area contributed by atoms with E-state index in [1.54, 1.807) is 12.1 Å². The van der Waals surface area contributed by atoms with E-state index in [2.05, 4.69) is 0 Å². The molecule has 0 aliphatic carbocycles. The number of non-ortho nitro benzene ring substituents is 1. The van der Waals surface area contributed by atoms with Crippen LogP contribution in [0.5, 0.6) is 0 Å². The Hall–Kier alpha value is -1.62. The maximum atomic E-state index is 10.8. The van der Waals surface area contributed by atoms with E-state index in [0.717, 1.165) is 24.2 Å². The number of hydrogen-bond donors (Lipinski definition) is 1. The molecule has 1 aromatic rings. The highest BCUT2D eigenvalue weighted by molar-refractivity contribution is 5.55. The predicted octanol–water partition coefficient (Wildman–Crippen LogP) is 2.11. The minimum Gasteiger partial charge on any atom is -0.395 e. The van der Waals surface area contributed by atoms with Crippen LogP contribution in [-0.2, 0) is 0 Å². The number of anilines is 1. The van der Waals surface area contributed by atoms with Gasteiger partial charge in [0.25, 0.3) is 5.69 Å². The Morgan fingerprint density at radius 3 is 2.59 bits per heavy atom. The topological polar surface area (TPSA) is 66.6 Å². The third kappa shape index (κ3) is 3.71. The van der Waals surface area contributed by atoms with Crippen LogP contribution >= 0.6 is 0 Å². The van der Waals surface area contributed by atoms with Crippen molar-refractivity contribution in [1.29, 1.82) is 0 Å². The van der Waals surface area contributed by atoms with Gasteiger partial charge in [0.15, 0.2) is 0 Å². The molecule has 1 aromatic carbocycles. The fourth-order valence-electron chi connectivity index (χ4n) is 1.79. The summed E-state index contributed by atoms with van der Waals surface area (Å²) in [6, 6.07) is 5.00. The molecule has 0 radical (unpaired) electrons. The maximum absolute atomic E-state index is 10.8. The van der Waals surface area contributed by atoms with E-state index < -0.39 is 0 Å². The number of hydrogen-bond acceptors (Lipinski definition) is 4. The van der Waals surface area contributed by atoms with Crippen molar-refractivity contribution >= 4 is 11.4 Å². The van der Waals surface area contributed by atoms with Gasteiger partial charge in [-0.15, -0.1) is 0 Å². The van der Waals surface area contributed by atoms with E-state index in [9.17, 15) is 10.1 Å². The van der Waals surface area contributed by atoms with Gasteiger partial charge < -0.3 is 10.0 Å². The molecule has 0 bridgehead atoms. The summed E-state index contributed by atoms with van der Waals surface area (Å²) in [4.78, 5) is 12.4. The Morgan fingerprint density at radius 2 is 2.06 bits per heavy atom. The Bertz CT molecular complexity index is 387. The predicted molar refractivity (Wildman–Crippen MR) is 67.4 cm³/mol. The van der Waals surface area contributed by atoms with Gasteiger partial charge in [-0.05, 0) is 25.0 Å². The Kier molecular flexibility index (Phi) is 4.90. The van der Waals surface area contributed by atoms with Crippen LogP contribution in [0.4, 0.5) is 11.4 Å². The van der Waals surface area contributed by atoms with Gasteiger partial charge in [-0.25, -0.2) is 0 Å². The first-order valence-corrected chi connectivity index (χ1v) is 5.70. The molecule has 0 fully saturated rings. The highest BCUT2D eigenvalue weighted by atomic mass is 16.6. The maximum Gasteiger partial charge on any atom is 0.271 e. The van der Waals surface area contributed by atoms with Gasteiger partial charge in [0.05, 0.1) is 11.5 Å². The van der Waals surface area contributed by atoms with Gasteiger partial charge in [-0.1, -0.05) is 6.92 Å². The molecule has 0 atom stereocenters. The zero-order valence-corrected chi connectivity index (χ0v) is 10.2. The van der Waals surface area contributed by atoms with Gasteiger partial charge in [0.2, 0.25) is 0 Å². The number of aryl methyl sites for hydroxylation is 1. The molecular formula is C12H18N2O3. The van der Waals surface area contributed by atoms with Crippen molar-refractivity contribution < 1.29 is 10.0 Å². The number of benzene rings is 1. The monoisotopic (exact) mass is 238 g/mol. The molecule has 0 heterocycles. The molecule has 5 heteroatoms. The van der Waals surface area contributed by atoms with Crippen LogP contribution in [0.15, 0.2) is 18.2 Å². The quantitative estimate of drug-likeness (QED) is 0.609. The van der Waals surface area contributed by atoms with Crippen molar-refractivity contribution in [3.05, 3.63) is 33.9 Å². The van der Waals surface area contributed by atoms with E-state index in [4.69, 9.17) is 5.11 Å². The standard InChI is InChI=1S/C12H18N2O3/c1-3-4-13(5-6-15)11-7-10(2)8-12(9-11)14(16)17/h7-9,15H,3-6H2,1-2H3. The van der Waals surface area contributed by atoms with Gasteiger partial charge in [0.1, 0.15) is 0 Å². The molecule has 1 rings (SSSR count). The van der Waals surface area contributed by atoms with E-state index in [0.29, 0.717) is 6.54 Å². The number of aliphatic hydroxyl groups excluding tert-OH is 1. The first kappa shape index (κ1) is 13.4. The second-order valence-electron chi connectivity index (χ2n) is 3.99. The average molecular weight is 238 g/mol. The minimum atomic E-state index is -0.389. The zero-order valence-electron chi connectivity index (χ0n) is 10.2. The van der Waals surface area contributed by atoms with Crippen molar-refractivity contribution in [3.8, 4) is 0 Å². The molecule has 0 spiro atoms. The van der Waals surface area contributed by atoms with Gasteiger partial charge in [-0.2, -0.15) is 0 Å². The summed E-state index contributed by atoms with van der Waals surface area (Å²) in [5.41, 5.74) is 1.75. The molecule has 1 N–H and O–H groups in total.